The van der Waals surface area contributed by atoms with Crippen molar-refractivity contribution in [2.45, 2.75) is 31.3 Å². The summed E-state index contributed by atoms with van der Waals surface area (Å²) in [6.07, 6.45) is 0.948. The first-order valence-corrected chi connectivity index (χ1v) is 7.28. The van der Waals surface area contributed by atoms with Crippen LogP contribution in [0.2, 0.25) is 0 Å². The van der Waals surface area contributed by atoms with Gasteiger partial charge in [0, 0.05) is 21.5 Å². The van der Waals surface area contributed by atoms with Crippen molar-refractivity contribution >= 4 is 50.0 Å². The Hall–Kier alpha value is -0.660. The SMILES string of the molecule is CCC(C)OC(=S)Sc1ccc([N+](=O)[O-])cc1Br. The van der Waals surface area contributed by atoms with Crippen LogP contribution in [0, 0.1) is 10.1 Å². The highest BCUT2D eigenvalue weighted by Gasteiger charge is 2.12. The second kappa shape index (κ2) is 7.06. The lowest BCUT2D eigenvalue weighted by Crippen LogP contribution is -2.09. The molecule has 0 aliphatic rings. The van der Waals surface area contributed by atoms with Gasteiger partial charge in [-0.1, -0.05) is 6.92 Å². The summed E-state index contributed by atoms with van der Waals surface area (Å²) in [5, 5.41) is 10.6. The van der Waals surface area contributed by atoms with Crippen LogP contribution in [0.5, 0.6) is 0 Å². The molecule has 1 atom stereocenters. The molecule has 0 spiro atoms. The fraction of sp³-hybridized carbons (Fsp3) is 0.364. The van der Waals surface area contributed by atoms with Gasteiger partial charge in [0.2, 0.25) is 4.38 Å². The van der Waals surface area contributed by atoms with Crippen LogP contribution in [0.25, 0.3) is 0 Å². The second-order valence-electron chi connectivity index (χ2n) is 3.56. The number of nitro benzene ring substituents is 1. The van der Waals surface area contributed by atoms with Crippen LogP contribution in [0.4, 0.5) is 5.69 Å². The maximum Gasteiger partial charge on any atom is 0.270 e. The lowest BCUT2D eigenvalue weighted by molar-refractivity contribution is -0.385. The van der Waals surface area contributed by atoms with E-state index in [4.69, 9.17) is 17.0 Å². The van der Waals surface area contributed by atoms with Gasteiger partial charge in [-0.25, -0.2) is 0 Å². The number of rotatable bonds is 4. The number of halogens is 1. The van der Waals surface area contributed by atoms with Crippen molar-refractivity contribution in [2.24, 2.45) is 0 Å². The van der Waals surface area contributed by atoms with Gasteiger partial charge in [0.25, 0.3) is 5.69 Å². The van der Waals surface area contributed by atoms with Gasteiger partial charge in [-0.15, -0.1) is 0 Å². The minimum Gasteiger partial charge on any atom is -0.475 e. The van der Waals surface area contributed by atoms with Gasteiger partial charge in [-0.2, -0.15) is 0 Å². The highest BCUT2D eigenvalue weighted by atomic mass is 79.9. The van der Waals surface area contributed by atoms with Crippen LogP contribution in [-0.4, -0.2) is 15.4 Å². The van der Waals surface area contributed by atoms with E-state index in [2.05, 4.69) is 15.9 Å². The quantitative estimate of drug-likeness (QED) is 0.345. The van der Waals surface area contributed by atoms with E-state index in [1.807, 2.05) is 13.8 Å². The highest BCUT2D eigenvalue weighted by molar-refractivity contribution is 9.10. The second-order valence-corrected chi connectivity index (χ2v) is 6.06. The summed E-state index contributed by atoms with van der Waals surface area (Å²) in [6, 6.07) is 4.55. The highest BCUT2D eigenvalue weighted by Crippen LogP contribution is 2.32. The fourth-order valence-corrected chi connectivity index (χ4v) is 2.78. The molecule has 0 aromatic heterocycles. The predicted octanol–water partition coefficient (Wildman–Crippen LogP) is 4.55. The van der Waals surface area contributed by atoms with E-state index < -0.39 is 4.92 Å². The first kappa shape index (κ1) is 15.4. The molecule has 1 aromatic carbocycles. The molecule has 1 rings (SSSR count). The maximum absolute atomic E-state index is 10.6. The summed E-state index contributed by atoms with van der Waals surface area (Å²) in [4.78, 5) is 11.0. The average molecular weight is 350 g/mol. The first-order chi connectivity index (χ1) is 8.43. The molecule has 0 N–H and O–H groups in total. The first-order valence-electron chi connectivity index (χ1n) is 5.26. The number of thiocarbonyl (C=S) groups is 1. The normalized spacial score (nSPS) is 11.9. The van der Waals surface area contributed by atoms with Crippen LogP contribution < -0.4 is 0 Å². The van der Waals surface area contributed by atoms with Crippen LogP contribution in [0.15, 0.2) is 27.6 Å². The number of hydrogen-bond donors (Lipinski definition) is 0. The summed E-state index contributed by atoms with van der Waals surface area (Å²) in [6.45, 7) is 3.96. The Morgan fingerprint density at radius 3 is 2.83 bits per heavy atom. The number of non-ortho nitro benzene ring substituents is 1. The van der Waals surface area contributed by atoms with Crippen LogP contribution in [0.3, 0.4) is 0 Å². The smallest absolute Gasteiger partial charge is 0.270 e. The van der Waals surface area contributed by atoms with Crippen molar-refractivity contribution in [1.82, 2.24) is 0 Å². The van der Waals surface area contributed by atoms with E-state index in [0.29, 0.717) is 8.86 Å². The third-order valence-corrected chi connectivity index (χ3v) is 4.30. The van der Waals surface area contributed by atoms with Crippen LogP contribution in [-0.2, 0) is 4.74 Å². The lowest BCUT2D eigenvalue weighted by Gasteiger charge is -2.12. The molecule has 0 radical (unpaired) electrons. The molecule has 98 valence electrons. The molecule has 0 fully saturated rings. The zero-order valence-corrected chi connectivity index (χ0v) is 13.1. The third-order valence-electron chi connectivity index (χ3n) is 2.19. The summed E-state index contributed by atoms with van der Waals surface area (Å²) >= 11 is 9.67. The topological polar surface area (TPSA) is 52.4 Å². The standard InChI is InChI=1S/C11H12BrNO3S2/c1-3-7(2)16-11(17)18-10-5-4-8(13(14)15)6-9(10)12/h4-7H,3H2,1-2H3. The van der Waals surface area contributed by atoms with E-state index in [-0.39, 0.29) is 11.8 Å². The maximum atomic E-state index is 10.6. The Bertz CT molecular complexity index is 468. The van der Waals surface area contributed by atoms with Crippen molar-refractivity contribution in [3.8, 4) is 0 Å². The van der Waals surface area contributed by atoms with Gasteiger partial charge in [0.05, 0.1) is 11.0 Å². The largest absolute Gasteiger partial charge is 0.475 e. The lowest BCUT2D eigenvalue weighted by atomic mass is 10.3. The molecule has 0 saturated heterocycles. The molecule has 1 aromatic rings. The Morgan fingerprint density at radius 2 is 2.33 bits per heavy atom. The fourth-order valence-electron chi connectivity index (χ4n) is 1.05. The molecular formula is C11H12BrNO3S2. The molecule has 0 aliphatic heterocycles. The van der Waals surface area contributed by atoms with Crippen molar-refractivity contribution in [1.29, 1.82) is 0 Å². The molecular weight excluding hydrogens is 338 g/mol. The van der Waals surface area contributed by atoms with E-state index >= 15 is 0 Å². The average Bonchev–Trinajstić information content (AvgIpc) is 2.31. The molecule has 0 amide bonds. The molecule has 0 aliphatic carbocycles. The van der Waals surface area contributed by atoms with Gasteiger partial charge in [0.15, 0.2) is 0 Å². The van der Waals surface area contributed by atoms with E-state index in [1.54, 1.807) is 6.07 Å². The Balaban J connectivity index is 2.74. The molecule has 0 heterocycles. The van der Waals surface area contributed by atoms with E-state index in [1.165, 1.54) is 23.9 Å². The summed E-state index contributed by atoms with van der Waals surface area (Å²) < 4.78 is 6.53. The Kier molecular flexibility index (Phi) is 6.04. The number of nitrogens with zero attached hydrogens (tertiary/aromatic N) is 1. The summed E-state index contributed by atoms with van der Waals surface area (Å²) in [7, 11) is 0. The van der Waals surface area contributed by atoms with Crippen molar-refractivity contribution in [2.75, 3.05) is 0 Å². The molecule has 0 saturated carbocycles. The van der Waals surface area contributed by atoms with Crippen molar-refractivity contribution in [3.63, 3.8) is 0 Å². The van der Waals surface area contributed by atoms with E-state index in [0.717, 1.165) is 11.3 Å². The van der Waals surface area contributed by atoms with Gasteiger partial charge >= 0.3 is 0 Å². The van der Waals surface area contributed by atoms with Gasteiger partial charge in [-0.3, -0.25) is 10.1 Å². The number of ether oxygens (including phenoxy) is 1. The van der Waals surface area contributed by atoms with Crippen LogP contribution in [0.1, 0.15) is 20.3 Å². The van der Waals surface area contributed by atoms with Crippen molar-refractivity contribution in [3.05, 3.63) is 32.8 Å². The minimum absolute atomic E-state index is 0.0417. The zero-order valence-electron chi connectivity index (χ0n) is 9.88. The van der Waals surface area contributed by atoms with Crippen molar-refractivity contribution < 1.29 is 9.66 Å². The molecule has 18 heavy (non-hydrogen) atoms. The minimum atomic E-state index is -0.437. The van der Waals surface area contributed by atoms with Gasteiger partial charge < -0.3 is 4.74 Å². The number of hydrogen-bond acceptors (Lipinski definition) is 5. The number of benzene rings is 1. The molecule has 4 nitrogen and oxygen atoms in total. The Labute approximate surface area is 123 Å². The third kappa shape index (κ3) is 4.55. The summed E-state index contributed by atoms with van der Waals surface area (Å²) in [5.41, 5.74) is 0.0417. The number of thioether (sulfide) groups is 1. The number of nitro groups is 1. The zero-order chi connectivity index (χ0) is 13.7. The molecule has 0 bridgehead atoms. The monoisotopic (exact) mass is 349 g/mol. The van der Waals surface area contributed by atoms with E-state index in [9.17, 15) is 10.1 Å². The van der Waals surface area contributed by atoms with Gasteiger partial charge in [-0.05, 0) is 59.3 Å². The van der Waals surface area contributed by atoms with Crippen LogP contribution >= 0.6 is 39.9 Å². The summed E-state index contributed by atoms with van der Waals surface area (Å²) in [5.74, 6) is 0. The predicted molar refractivity (Wildman–Crippen MR) is 80.1 cm³/mol. The molecule has 7 heteroatoms. The molecule has 1 unspecified atom stereocenters. The van der Waals surface area contributed by atoms with Gasteiger partial charge in [0.1, 0.15) is 0 Å². The Morgan fingerprint density at radius 1 is 1.67 bits per heavy atom.